The minimum atomic E-state index is -0.365. The van der Waals surface area contributed by atoms with Crippen LogP contribution in [0.2, 0.25) is 0 Å². The zero-order valence-corrected chi connectivity index (χ0v) is 12.8. The molecule has 5 heteroatoms. The average molecular weight is 290 g/mol. The molecule has 1 aliphatic heterocycles. The summed E-state index contributed by atoms with van der Waals surface area (Å²) >= 11 is 0. The summed E-state index contributed by atoms with van der Waals surface area (Å²) in [5, 5.41) is 5.55. The first-order valence-electron chi connectivity index (χ1n) is 7.23. The molecular weight excluding hydrogens is 268 g/mol. The van der Waals surface area contributed by atoms with E-state index in [-0.39, 0.29) is 17.9 Å². The molecule has 1 aromatic rings. The minimum Gasteiger partial charge on any atom is -0.496 e. The van der Waals surface area contributed by atoms with Crippen molar-refractivity contribution in [3.8, 4) is 5.75 Å². The van der Waals surface area contributed by atoms with Gasteiger partial charge in [0.1, 0.15) is 11.8 Å². The molecule has 21 heavy (non-hydrogen) atoms. The number of rotatable bonds is 5. The van der Waals surface area contributed by atoms with Gasteiger partial charge in [-0.15, -0.1) is 0 Å². The molecule has 0 saturated carbocycles. The van der Waals surface area contributed by atoms with Crippen molar-refractivity contribution in [2.75, 3.05) is 13.7 Å². The molecule has 1 atom stereocenters. The van der Waals surface area contributed by atoms with E-state index in [9.17, 15) is 9.59 Å². The van der Waals surface area contributed by atoms with Gasteiger partial charge >= 0.3 is 0 Å². The summed E-state index contributed by atoms with van der Waals surface area (Å²) in [4.78, 5) is 23.0. The largest absolute Gasteiger partial charge is 0.496 e. The fourth-order valence-corrected chi connectivity index (χ4v) is 2.60. The summed E-state index contributed by atoms with van der Waals surface area (Å²) in [6.45, 7) is 4.66. The van der Waals surface area contributed by atoms with E-state index in [2.05, 4.69) is 17.6 Å². The van der Waals surface area contributed by atoms with Crippen LogP contribution in [0.5, 0.6) is 5.75 Å². The van der Waals surface area contributed by atoms with E-state index in [1.807, 2.05) is 19.1 Å². The van der Waals surface area contributed by atoms with Crippen LogP contribution in [0, 0.1) is 13.8 Å². The van der Waals surface area contributed by atoms with Crippen molar-refractivity contribution in [3.05, 3.63) is 28.8 Å². The highest BCUT2D eigenvalue weighted by Gasteiger charge is 2.26. The molecule has 0 aliphatic carbocycles. The predicted octanol–water partition coefficient (Wildman–Crippen LogP) is 1.25. The van der Waals surface area contributed by atoms with E-state index in [1.54, 1.807) is 7.11 Å². The lowest BCUT2D eigenvalue weighted by Gasteiger charge is -2.14. The van der Waals surface area contributed by atoms with Crippen LogP contribution in [0.25, 0.3) is 0 Å². The molecule has 1 fully saturated rings. The molecule has 1 unspecified atom stereocenters. The van der Waals surface area contributed by atoms with E-state index in [1.165, 1.54) is 11.1 Å². The van der Waals surface area contributed by atoms with Crippen molar-refractivity contribution in [1.82, 2.24) is 10.6 Å². The van der Waals surface area contributed by atoms with Gasteiger partial charge < -0.3 is 15.4 Å². The van der Waals surface area contributed by atoms with Crippen molar-refractivity contribution >= 4 is 11.8 Å². The van der Waals surface area contributed by atoms with Gasteiger partial charge in [-0.1, -0.05) is 6.07 Å². The normalized spacial score (nSPS) is 17.5. The predicted molar refractivity (Wildman–Crippen MR) is 80.3 cm³/mol. The van der Waals surface area contributed by atoms with Gasteiger partial charge in [-0.25, -0.2) is 0 Å². The van der Waals surface area contributed by atoms with Crippen LogP contribution in [0.4, 0.5) is 0 Å². The van der Waals surface area contributed by atoms with Crippen LogP contribution < -0.4 is 15.4 Å². The second-order valence-electron chi connectivity index (χ2n) is 5.38. The van der Waals surface area contributed by atoms with E-state index in [4.69, 9.17) is 4.74 Å². The molecule has 0 spiro atoms. The first kappa shape index (κ1) is 15.4. The van der Waals surface area contributed by atoms with E-state index >= 15 is 0 Å². The third kappa shape index (κ3) is 3.54. The Morgan fingerprint density at radius 1 is 1.38 bits per heavy atom. The minimum absolute atomic E-state index is 0.0447. The molecule has 1 heterocycles. The van der Waals surface area contributed by atoms with Gasteiger partial charge in [0.05, 0.1) is 7.11 Å². The second kappa shape index (κ2) is 6.61. The highest BCUT2D eigenvalue weighted by atomic mass is 16.5. The molecule has 5 nitrogen and oxygen atoms in total. The lowest BCUT2D eigenvalue weighted by molar-refractivity contribution is -0.125. The molecule has 0 aromatic heterocycles. The van der Waals surface area contributed by atoms with E-state index in [0.29, 0.717) is 19.4 Å². The standard InChI is InChI=1S/C16H22N2O3/c1-10-11(2)14(21-3)6-4-12(10)8-9-17-16(20)13-5-7-15(19)18-13/h4,6,13H,5,7-9H2,1-3H3,(H,17,20)(H,18,19). The van der Waals surface area contributed by atoms with Gasteiger partial charge in [0.15, 0.2) is 0 Å². The number of benzene rings is 1. The van der Waals surface area contributed by atoms with Crippen molar-refractivity contribution in [2.45, 2.75) is 39.2 Å². The summed E-state index contributed by atoms with van der Waals surface area (Å²) < 4.78 is 5.29. The Balaban J connectivity index is 1.87. The zero-order valence-electron chi connectivity index (χ0n) is 12.8. The van der Waals surface area contributed by atoms with Gasteiger partial charge in [0.25, 0.3) is 0 Å². The highest BCUT2D eigenvalue weighted by Crippen LogP contribution is 2.24. The lowest BCUT2D eigenvalue weighted by atomic mass is 10.00. The number of carbonyl (C=O) groups excluding carboxylic acids is 2. The van der Waals surface area contributed by atoms with Crippen LogP contribution in [0.1, 0.15) is 29.5 Å². The van der Waals surface area contributed by atoms with Gasteiger partial charge in [-0.05, 0) is 49.4 Å². The molecule has 0 radical (unpaired) electrons. The molecule has 2 amide bonds. The molecule has 1 saturated heterocycles. The van der Waals surface area contributed by atoms with Gasteiger partial charge in [-0.2, -0.15) is 0 Å². The molecule has 2 N–H and O–H groups in total. The molecular formula is C16H22N2O3. The summed E-state index contributed by atoms with van der Waals surface area (Å²) in [7, 11) is 1.66. The number of methoxy groups -OCH3 is 1. The Hall–Kier alpha value is -2.04. The number of carbonyl (C=O) groups is 2. The number of hydrogen-bond acceptors (Lipinski definition) is 3. The van der Waals surface area contributed by atoms with Crippen LogP contribution >= 0.6 is 0 Å². The lowest BCUT2D eigenvalue weighted by Crippen LogP contribution is -2.42. The molecule has 2 rings (SSSR count). The number of ether oxygens (including phenoxy) is 1. The fourth-order valence-electron chi connectivity index (χ4n) is 2.60. The Kier molecular flexibility index (Phi) is 4.83. The third-order valence-corrected chi connectivity index (χ3v) is 4.07. The summed E-state index contributed by atoms with van der Waals surface area (Å²) in [6, 6.07) is 3.62. The summed E-state index contributed by atoms with van der Waals surface area (Å²) in [6.07, 6.45) is 1.79. The monoisotopic (exact) mass is 290 g/mol. The maximum Gasteiger partial charge on any atom is 0.242 e. The van der Waals surface area contributed by atoms with E-state index in [0.717, 1.165) is 17.7 Å². The number of hydrogen-bond donors (Lipinski definition) is 2. The van der Waals surface area contributed by atoms with Gasteiger partial charge in [0, 0.05) is 13.0 Å². The Labute approximate surface area is 125 Å². The SMILES string of the molecule is COc1ccc(CCNC(=O)C2CCC(=O)N2)c(C)c1C. The number of amides is 2. The zero-order chi connectivity index (χ0) is 15.4. The Bertz CT molecular complexity index is 555. The van der Waals surface area contributed by atoms with Crippen molar-refractivity contribution in [2.24, 2.45) is 0 Å². The summed E-state index contributed by atoms with van der Waals surface area (Å²) in [5.74, 6) is 0.745. The fraction of sp³-hybridized carbons (Fsp3) is 0.500. The topological polar surface area (TPSA) is 67.4 Å². The third-order valence-electron chi connectivity index (χ3n) is 4.07. The highest BCUT2D eigenvalue weighted by molar-refractivity contribution is 5.90. The molecule has 1 aromatic carbocycles. The van der Waals surface area contributed by atoms with Crippen LogP contribution in [-0.4, -0.2) is 31.5 Å². The number of nitrogens with one attached hydrogen (secondary N) is 2. The van der Waals surface area contributed by atoms with E-state index < -0.39 is 0 Å². The second-order valence-corrected chi connectivity index (χ2v) is 5.38. The Morgan fingerprint density at radius 2 is 2.14 bits per heavy atom. The first-order chi connectivity index (χ1) is 10.0. The summed E-state index contributed by atoms with van der Waals surface area (Å²) in [5.41, 5.74) is 3.52. The van der Waals surface area contributed by atoms with Crippen molar-refractivity contribution in [1.29, 1.82) is 0 Å². The van der Waals surface area contributed by atoms with Crippen LogP contribution in [0.15, 0.2) is 12.1 Å². The first-order valence-corrected chi connectivity index (χ1v) is 7.23. The van der Waals surface area contributed by atoms with Crippen LogP contribution in [0.3, 0.4) is 0 Å². The van der Waals surface area contributed by atoms with Crippen molar-refractivity contribution < 1.29 is 14.3 Å². The smallest absolute Gasteiger partial charge is 0.242 e. The molecule has 114 valence electrons. The molecule has 1 aliphatic rings. The van der Waals surface area contributed by atoms with Gasteiger partial charge in [0.2, 0.25) is 11.8 Å². The average Bonchev–Trinajstić information content (AvgIpc) is 2.90. The van der Waals surface area contributed by atoms with Crippen molar-refractivity contribution in [3.63, 3.8) is 0 Å². The van der Waals surface area contributed by atoms with Crippen LogP contribution in [-0.2, 0) is 16.0 Å². The molecule has 0 bridgehead atoms. The maximum absolute atomic E-state index is 11.9. The maximum atomic E-state index is 11.9. The van der Waals surface area contributed by atoms with Gasteiger partial charge in [-0.3, -0.25) is 9.59 Å². The Morgan fingerprint density at radius 3 is 2.76 bits per heavy atom. The quantitative estimate of drug-likeness (QED) is 0.857.